The number of likely N-dealkylation sites (N-methyl/N-ethyl adjacent to an activating group) is 1. The van der Waals surface area contributed by atoms with Gasteiger partial charge in [0, 0.05) is 6.42 Å². The zero-order valence-electron chi connectivity index (χ0n) is 17.7. The van der Waals surface area contributed by atoms with Gasteiger partial charge >= 0.3 is 0 Å². The molecule has 0 spiro atoms. The van der Waals surface area contributed by atoms with Crippen molar-refractivity contribution >= 4 is 5.91 Å². The molecule has 0 heterocycles. The molecule has 1 aromatic rings. The molecule has 0 fully saturated rings. The number of amides is 1. The minimum absolute atomic E-state index is 0. The second-order valence-electron chi connectivity index (χ2n) is 9.35. The Hall–Kier alpha value is -1.26. The molecule has 3 N–H and O–H groups in total. The average molecular weight is 385 g/mol. The highest BCUT2D eigenvalue weighted by Gasteiger charge is 2.26. The van der Waals surface area contributed by atoms with Crippen LogP contribution in [0.1, 0.15) is 64.7 Å². The van der Waals surface area contributed by atoms with E-state index in [0.717, 1.165) is 23.2 Å². The number of nitrogens with one attached hydrogen (secondary N) is 2. The molecule has 1 aromatic carbocycles. The summed E-state index contributed by atoms with van der Waals surface area (Å²) < 4.78 is 0. The number of aromatic hydroxyl groups is 1. The van der Waals surface area contributed by atoms with Gasteiger partial charge in [0.2, 0.25) is 5.91 Å². The minimum atomic E-state index is -0.142. The van der Waals surface area contributed by atoms with Crippen LogP contribution in [0.25, 0.3) is 0 Å². The normalized spacial score (nSPS) is 12.0. The molecule has 150 valence electrons. The molecule has 0 aliphatic rings. The van der Waals surface area contributed by atoms with Crippen LogP contribution < -0.4 is 22.6 Å². The summed E-state index contributed by atoms with van der Waals surface area (Å²) >= 11 is 0. The number of aryl methyl sites for hydroxylation is 1. The number of phenolic OH excluding ortho intramolecular Hbond substituents is 1. The van der Waals surface area contributed by atoms with Gasteiger partial charge in [-0.25, -0.2) is 0 Å². The second-order valence-corrected chi connectivity index (χ2v) is 9.35. The monoisotopic (exact) mass is 384 g/mol. The lowest BCUT2D eigenvalue weighted by Gasteiger charge is -2.28. The summed E-state index contributed by atoms with van der Waals surface area (Å²) in [6, 6.07) is 4.11. The molecule has 1 rings (SSSR count). The fourth-order valence-electron chi connectivity index (χ4n) is 2.78. The molecule has 26 heavy (non-hydrogen) atoms. The highest BCUT2D eigenvalue weighted by Crippen LogP contribution is 2.39. The zero-order valence-corrected chi connectivity index (χ0v) is 18.5. The Balaban J connectivity index is 0.00000625. The summed E-state index contributed by atoms with van der Waals surface area (Å²) in [5.74, 6) is 0.478. The van der Waals surface area contributed by atoms with E-state index >= 15 is 0 Å². The smallest absolute Gasteiger partial charge is 0.220 e. The van der Waals surface area contributed by atoms with Gasteiger partial charge in [0.25, 0.3) is 0 Å². The summed E-state index contributed by atoms with van der Waals surface area (Å²) in [7, 11) is 4.15. The number of halogens is 1. The number of rotatable bonds is 6. The summed E-state index contributed by atoms with van der Waals surface area (Å²) in [5, 5.41) is 13.7. The molecule has 4 nitrogen and oxygen atoms in total. The standard InChI is InChI=1S/C21H36N2O2.ClH/c1-20(2,3)16-13-15(14-17(19(16)25)21(4,5)6)9-10-18(24)22-11-12-23(7)8;/h13-14,25H,9-12H2,1-8H3,(H,22,24);1H. The van der Waals surface area contributed by atoms with E-state index in [1.165, 1.54) is 4.90 Å². The molecule has 0 saturated heterocycles. The first-order chi connectivity index (χ1) is 11.3. The first-order valence-electron chi connectivity index (χ1n) is 9.25. The topological polar surface area (TPSA) is 53.8 Å². The van der Waals surface area contributed by atoms with E-state index in [0.29, 0.717) is 25.1 Å². The maximum atomic E-state index is 12.1. The van der Waals surface area contributed by atoms with E-state index in [9.17, 15) is 9.90 Å². The lowest BCUT2D eigenvalue weighted by molar-refractivity contribution is -0.856. The van der Waals surface area contributed by atoms with Crippen LogP contribution in [0.5, 0.6) is 5.75 Å². The molecule has 5 heteroatoms. The molecule has 0 unspecified atom stereocenters. The third-order valence-electron chi connectivity index (χ3n) is 4.37. The van der Waals surface area contributed by atoms with Crippen molar-refractivity contribution in [2.24, 2.45) is 0 Å². The van der Waals surface area contributed by atoms with Crippen LogP contribution in [-0.4, -0.2) is 38.2 Å². The van der Waals surface area contributed by atoms with Gasteiger partial charge < -0.3 is 27.7 Å². The van der Waals surface area contributed by atoms with Crippen molar-refractivity contribution in [3.63, 3.8) is 0 Å². The van der Waals surface area contributed by atoms with E-state index in [2.05, 4.69) is 73.1 Å². The van der Waals surface area contributed by atoms with Crippen molar-refractivity contribution in [2.75, 3.05) is 27.2 Å². The van der Waals surface area contributed by atoms with Crippen molar-refractivity contribution in [1.29, 1.82) is 0 Å². The van der Waals surface area contributed by atoms with Gasteiger partial charge in [0.05, 0.1) is 27.2 Å². The van der Waals surface area contributed by atoms with E-state index in [1.807, 2.05) is 0 Å². The first kappa shape index (κ1) is 24.7. The van der Waals surface area contributed by atoms with Gasteiger partial charge in [-0.05, 0) is 33.9 Å². The van der Waals surface area contributed by atoms with Gasteiger partial charge in [-0.2, -0.15) is 0 Å². The number of phenols is 1. The number of benzene rings is 1. The Bertz CT molecular complexity index is 564. The second kappa shape index (κ2) is 9.61. The molecule has 0 aromatic heterocycles. The van der Waals surface area contributed by atoms with Gasteiger partial charge in [-0.15, -0.1) is 0 Å². The van der Waals surface area contributed by atoms with Crippen molar-refractivity contribution in [3.05, 3.63) is 28.8 Å². The molecule has 0 aliphatic carbocycles. The average Bonchev–Trinajstić information content (AvgIpc) is 2.43. The minimum Gasteiger partial charge on any atom is -1.00 e. The van der Waals surface area contributed by atoms with Gasteiger partial charge in [0.15, 0.2) is 0 Å². The van der Waals surface area contributed by atoms with Crippen LogP contribution in [0.2, 0.25) is 0 Å². The molecule has 0 saturated carbocycles. The summed E-state index contributed by atoms with van der Waals surface area (Å²) in [6.45, 7) is 14.3. The fourth-order valence-corrected chi connectivity index (χ4v) is 2.78. The third-order valence-corrected chi connectivity index (χ3v) is 4.37. The van der Waals surface area contributed by atoms with E-state index in [4.69, 9.17) is 0 Å². The van der Waals surface area contributed by atoms with E-state index in [1.54, 1.807) is 0 Å². The number of quaternary nitrogens is 1. The molecular formula is C21H37ClN2O2. The number of carbonyl (C=O) groups is 1. The quantitative estimate of drug-likeness (QED) is 0.600. The van der Waals surface area contributed by atoms with Crippen LogP contribution in [0.3, 0.4) is 0 Å². The largest absolute Gasteiger partial charge is 1.00 e. The summed E-state index contributed by atoms with van der Waals surface area (Å²) in [5.41, 5.74) is 2.73. The Morgan fingerprint density at radius 1 is 1.04 bits per heavy atom. The van der Waals surface area contributed by atoms with E-state index in [-0.39, 0.29) is 29.1 Å². The van der Waals surface area contributed by atoms with Crippen LogP contribution in [0.15, 0.2) is 12.1 Å². The SMILES string of the molecule is C[NH+](C)CCNC(=O)CCc1cc(C(C)(C)C)c(O)c(C(C)(C)C)c1.[Cl-]. The fraction of sp³-hybridized carbons (Fsp3) is 0.667. The third kappa shape index (κ3) is 7.55. The molecular weight excluding hydrogens is 348 g/mol. The summed E-state index contributed by atoms with van der Waals surface area (Å²) in [4.78, 5) is 13.4. The lowest BCUT2D eigenvalue weighted by Crippen LogP contribution is -3.06. The number of carbonyl (C=O) groups excluding carboxylic acids is 1. The van der Waals surface area contributed by atoms with Crippen LogP contribution >= 0.6 is 0 Å². The predicted molar refractivity (Wildman–Crippen MR) is 105 cm³/mol. The van der Waals surface area contributed by atoms with Crippen LogP contribution in [-0.2, 0) is 22.0 Å². The molecule has 0 bridgehead atoms. The highest BCUT2D eigenvalue weighted by atomic mass is 35.5. The zero-order chi connectivity index (χ0) is 19.4. The molecule has 0 atom stereocenters. The maximum absolute atomic E-state index is 12.1. The Kier molecular flexibility index (Phi) is 9.14. The van der Waals surface area contributed by atoms with Crippen molar-refractivity contribution < 1.29 is 27.2 Å². The van der Waals surface area contributed by atoms with Crippen LogP contribution in [0.4, 0.5) is 0 Å². The summed E-state index contributed by atoms with van der Waals surface area (Å²) in [6.07, 6.45) is 1.16. The molecule has 1 amide bonds. The predicted octanol–water partition coefficient (Wildman–Crippen LogP) is -0.815. The van der Waals surface area contributed by atoms with Gasteiger partial charge in [-0.1, -0.05) is 53.7 Å². The maximum Gasteiger partial charge on any atom is 0.220 e. The first-order valence-corrected chi connectivity index (χ1v) is 9.25. The highest BCUT2D eigenvalue weighted by molar-refractivity contribution is 5.76. The lowest BCUT2D eigenvalue weighted by atomic mass is 9.78. The van der Waals surface area contributed by atoms with E-state index < -0.39 is 0 Å². The van der Waals surface area contributed by atoms with Crippen molar-refractivity contribution in [3.8, 4) is 5.75 Å². The number of hydrogen-bond donors (Lipinski definition) is 3. The van der Waals surface area contributed by atoms with Gasteiger partial charge in [-0.3, -0.25) is 4.79 Å². The molecule has 0 aliphatic heterocycles. The Morgan fingerprint density at radius 2 is 1.50 bits per heavy atom. The number of hydrogen-bond acceptors (Lipinski definition) is 2. The van der Waals surface area contributed by atoms with Gasteiger partial charge in [0.1, 0.15) is 5.75 Å². The Morgan fingerprint density at radius 3 is 1.88 bits per heavy atom. The van der Waals surface area contributed by atoms with Crippen molar-refractivity contribution in [2.45, 2.75) is 65.2 Å². The van der Waals surface area contributed by atoms with Crippen LogP contribution in [0, 0.1) is 0 Å². The Labute approximate surface area is 165 Å². The molecule has 0 radical (unpaired) electrons. The van der Waals surface area contributed by atoms with Crippen molar-refractivity contribution in [1.82, 2.24) is 5.32 Å².